The Morgan fingerprint density at radius 3 is 2.78 bits per heavy atom. The van der Waals surface area contributed by atoms with Gasteiger partial charge in [0.2, 0.25) is 0 Å². The highest BCUT2D eigenvalue weighted by Crippen LogP contribution is 2.37. The van der Waals surface area contributed by atoms with Crippen LogP contribution in [0.3, 0.4) is 0 Å². The van der Waals surface area contributed by atoms with Gasteiger partial charge in [-0.3, -0.25) is 0 Å². The molecule has 0 aliphatic heterocycles. The summed E-state index contributed by atoms with van der Waals surface area (Å²) in [5.41, 5.74) is 6.74. The smallest absolute Gasteiger partial charge is 0.0343 e. The minimum atomic E-state index is 0.761. The third kappa shape index (κ3) is 1.87. The number of terminal acetylenes is 1. The number of hydrogen-bond acceptors (Lipinski definition) is 1. The largest absolute Gasteiger partial charge is 0.384 e. The van der Waals surface area contributed by atoms with Crippen LogP contribution in [0.2, 0.25) is 0 Å². The minimum absolute atomic E-state index is 0.761. The molecule has 2 aromatic rings. The molecule has 0 heterocycles. The van der Waals surface area contributed by atoms with Gasteiger partial charge >= 0.3 is 0 Å². The third-order valence-electron chi connectivity index (χ3n) is 3.39. The highest BCUT2D eigenvalue weighted by molar-refractivity contribution is 5.78. The van der Waals surface area contributed by atoms with Crippen molar-refractivity contribution < 1.29 is 0 Å². The van der Waals surface area contributed by atoms with Crippen molar-refractivity contribution in [2.24, 2.45) is 0 Å². The molecular formula is C17H15N. The molecule has 0 saturated carbocycles. The first-order valence-electron chi connectivity index (χ1n) is 6.27. The van der Waals surface area contributed by atoms with Crippen LogP contribution in [0, 0.1) is 12.3 Å². The predicted octanol–water partition coefficient (Wildman–Crippen LogP) is 3.69. The number of hydrogen-bond donors (Lipinski definition) is 1. The van der Waals surface area contributed by atoms with Gasteiger partial charge in [0.15, 0.2) is 0 Å². The van der Waals surface area contributed by atoms with Gasteiger partial charge in [0, 0.05) is 18.7 Å². The first kappa shape index (κ1) is 10.9. The lowest BCUT2D eigenvalue weighted by molar-refractivity contribution is 1.10. The normalized spacial score (nSPS) is 11.5. The molecule has 0 unspecified atom stereocenters. The number of benzene rings is 2. The highest BCUT2D eigenvalue weighted by atomic mass is 14.9. The van der Waals surface area contributed by atoms with E-state index in [1.54, 1.807) is 0 Å². The number of nitrogens with one attached hydrogen (secondary N) is 1. The van der Waals surface area contributed by atoms with E-state index in [4.69, 9.17) is 6.42 Å². The summed E-state index contributed by atoms with van der Waals surface area (Å²) in [4.78, 5) is 0. The summed E-state index contributed by atoms with van der Waals surface area (Å²) in [5, 5.41) is 3.36. The molecule has 2 aromatic carbocycles. The van der Waals surface area contributed by atoms with E-state index >= 15 is 0 Å². The molecule has 0 amide bonds. The summed E-state index contributed by atoms with van der Waals surface area (Å²) in [7, 11) is 0. The van der Waals surface area contributed by atoms with E-state index in [2.05, 4.69) is 53.7 Å². The van der Waals surface area contributed by atoms with Crippen LogP contribution < -0.4 is 5.32 Å². The molecule has 0 atom stereocenters. The lowest BCUT2D eigenvalue weighted by atomic mass is 10.1. The molecule has 0 bridgehead atoms. The molecule has 0 fully saturated rings. The maximum Gasteiger partial charge on any atom is 0.0343 e. The van der Waals surface area contributed by atoms with Crippen molar-refractivity contribution >= 4 is 5.69 Å². The van der Waals surface area contributed by atoms with E-state index in [9.17, 15) is 0 Å². The highest BCUT2D eigenvalue weighted by Gasteiger charge is 2.17. The van der Waals surface area contributed by atoms with Crippen molar-refractivity contribution in [3.8, 4) is 23.5 Å². The Hall–Kier alpha value is -2.20. The van der Waals surface area contributed by atoms with Gasteiger partial charge in [0.25, 0.3) is 0 Å². The summed E-state index contributed by atoms with van der Waals surface area (Å²) in [5.74, 6) is 2.64. The topological polar surface area (TPSA) is 12.0 Å². The maximum atomic E-state index is 5.25. The van der Waals surface area contributed by atoms with E-state index < -0.39 is 0 Å². The second-order valence-corrected chi connectivity index (χ2v) is 4.59. The Bertz CT molecular complexity index is 620. The zero-order valence-corrected chi connectivity index (χ0v) is 10.2. The molecule has 1 aliphatic rings. The minimum Gasteiger partial charge on any atom is -0.384 e. The monoisotopic (exact) mass is 233 g/mol. The van der Waals surface area contributed by atoms with E-state index in [-0.39, 0.29) is 0 Å². The summed E-state index contributed by atoms with van der Waals surface area (Å²) in [6.45, 7) is 0.836. The average molecular weight is 233 g/mol. The van der Waals surface area contributed by atoms with Crippen molar-refractivity contribution in [1.82, 2.24) is 0 Å². The maximum absolute atomic E-state index is 5.25. The Labute approximate surface area is 108 Å². The van der Waals surface area contributed by atoms with Crippen LogP contribution in [0.15, 0.2) is 42.5 Å². The third-order valence-corrected chi connectivity index (χ3v) is 3.39. The van der Waals surface area contributed by atoms with Crippen LogP contribution in [0.5, 0.6) is 0 Å². The van der Waals surface area contributed by atoms with Gasteiger partial charge in [-0.2, -0.15) is 0 Å². The Balaban J connectivity index is 1.87. The van der Waals surface area contributed by atoms with Crippen molar-refractivity contribution in [3.63, 3.8) is 0 Å². The molecule has 0 saturated heterocycles. The average Bonchev–Trinajstić information content (AvgIpc) is 2.76. The van der Waals surface area contributed by atoms with Crippen molar-refractivity contribution in [2.75, 3.05) is 11.9 Å². The number of anilines is 1. The quantitative estimate of drug-likeness (QED) is 0.537. The standard InChI is InChI=1S/C17H15N/c1-2-3-10-18-15-8-9-17-14(12-15)11-13-6-4-5-7-16(13)17/h1,4-9,12,18H,3,10-11H2. The second-order valence-electron chi connectivity index (χ2n) is 4.59. The van der Waals surface area contributed by atoms with E-state index in [0.717, 1.165) is 25.1 Å². The van der Waals surface area contributed by atoms with Gasteiger partial charge in [0.05, 0.1) is 0 Å². The summed E-state index contributed by atoms with van der Waals surface area (Å²) < 4.78 is 0. The molecule has 1 heteroatoms. The Kier molecular flexibility index (Phi) is 2.78. The van der Waals surface area contributed by atoms with Crippen LogP contribution in [0.25, 0.3) is 11.1 Å². The first-order valence-corrected chi connectivity index (χ1v) is 6.27. The number of rotatable bonds is 3. The second kappa shape index (κ2) is 4.58. The Morgan fingerprint density at radius 1 is 1.06 bits per heavy atom. The molecule has 1 aliphatic carbocycles. The van der Waals surface area contributed by atoms with Crippen LogP contribution in [0.1, 0.15) is 17.5 Å². The van der Waals surface area contributed by atoms with Gasteiger partial charge in [0.1, 0.15) is 0 Å². The van der Waals surface area contributed by atoms with Crippen LogP contribution in [-0.4, -0.2) is 6.54 Å². The number of fused-ring (bicyclic) bond motifs is 3. The van der Waals surface area contributed by atoms with Gasteiger partial charge in [-0.05, 0) is 40.8 Å². The van der Waals surface area contributed by atoms with Crippen molar-refractivity contribution in [3.05, 3.63) is 53.6 Å². The predicted molar refractivity (Wildman–Crippen MR) is 76.6 cm³/mol. The Morgan fingerprint density at radius 2 is 1.89 bits per heavy atom. The zero-order chi connectivity index (χ0) is 12.4. The van der Waals surface area contributed by atoms with E-state index in [0.29, 0.717) is 0 Å². The van der Waals surface area contributed by atoms with Crippen LogP contribution >= 0.6 is 0 Å². The summed E-state index contributed by atoms with van der Waals surface area (Å²) in [6.07, 6.45) is 7.05. The van der Waals surface area contributed by atoms with Crippen molar-refractivity contribution in [1.29, 1.82) is 0 Å². The summed E-state index contributed by atoms with van der Waals surface area (Å²) >= 11 is 0. The van der Waals surface area contributed by atoms with Gasteiger partial charge in [-0.15, -0.1) is 12.3 Å². The van der Waals surface area contributed by atoms with Crippen LogP contribution in [-0.2, 0) is 6.42 Å². The molecule has 1 nitrogen and oxygen atoms in total. The molecule has 3 rings (SSSR count). The lowest BCUT2D eigenvalue weighted by Crippen LogP contribution is -2.00. The molecule has 18 heavy (non-hydrogen) atoms. The first-order chi connectivity index (χ1) is 8.88. The van der Waals surface area contributed by atoms with E-state index in [1.165, 1.54) is 22.3 Å². The van der Waals surface area contributed by atoms with Crippen molar-refractivity contribution in [2.45, 2.75) is 12.8 Å². The molecule has 1 N–H and O–H groups in total. The van der Waals surface area contributed by atoms with Gasteiger partial charge < -0.3 is 5.32 Å². The fraction of sp³-hybridized carbons (Fsp3) is 0.176. The molecule has 0 spiro atoms. The zero-order valence-electron chi connectivity index (χ0n) is 10.2. The summed E-state index contributed by atoms with van der Waals surface area (Å²) in [6, 6.07) is 15.2. The van der Waals surface area contributed by atoms with Gasteiger partial charge in [-0.25, -0.2) is 0 Å². The van der Waals surface area contributed by atoms with E-state index in [1.807, 2.05) is 0 Å². The fourth-order valence-electron chi connectivity index (χ4n) is 2.53. The fourth-order valence-corrected chi connectivity index (χ4v) is 2.53. The molecule has 0 aromatic heterocycles. The molecule has 88 valence electrons. The van der Waals surface area contributed by atoms with Crippen LogP contribution in [0.4, 0.5) is 5.69 Å². The SMILES string of the molecule is C#CCCNc1ccc2c(c1)Cc1ccccc1-2. The molecule has 0 radical (unpaired) electrons. The lowest BCUT2D eigenvalue weighted by Gasteiger charge is -2.07. The molecular weight excluding hydrogens is 218 g/mol. The van der Waals surface area contributed by atoms with Gasteiger partial charge in [-0.1, -0.05) is 30.3 Å².